The number of ether oxygens (including phenoxy) is 3. The SMILES string of the molecule is CC/C=C\C/C=C\C/C=C\C/C=C\CCCCCCCCCCC(=O)OCC(COC(=O)CCCCCCCCCCCCCCCCCC)OC(=O)CCCCCCCCC/C=C\CCCCCCCC. The Morgan fingerprint density at radius 2 is 0.542 bits per heavy atom. The van der Waals surface area contributed by atoms with E-state index < -0.39 is 6.10 Å². The van der Waals surface area contributed by atoms with Crippen LogP contribution < -0.4 is 0 Å². The van der Waals surface area contributed by atoms with Crippen LogP contribution in [0.3, 0.4) is 0 Å². The van der Waals surface area contributed by atoms with Crippen LogP contribution in [0.25, 0.3) is 0 Å². The van der Waals surface area contributed by atoms with E-state index in [9.17, 15) is 14.4 Å². The van der Waals surface area contributed by atoms with Crippen molar-refractivity contribution < 1.29 is 28.6 Å². The summed E-state index contributed by atoms with van der Waals surface area (Å²) < 4.78 is 16.9. The highest BCUT2D eigenvalue weighted by atomic mass is 16.6. The molecule has 1 unspecified atom stereocenters. The Morgan fingerprint density at radius 3 is 0.861 bits per heavy atom. The number of esters is 3. The second kappa shape index (κ2) is 60.7. The molecule has 0 aromatic rings. The van der Waals surface area contributed by atoms with Gasteiger partial charge < -0.3 is 14.2 Å². The van der Waals surface area contributed by atoms with Crippen LogP contribution in [0.4, 0.5) is 0 Å². The van der Waals surface area contributed by atoms with Crippen LogP contribution in [-0.2, 0) is 28.6 Å². The van der Waals surface area contributed by atoms with Gasteiger partial charge in [0.2, 0.25) is 0 Å². The van der Waals surface area contributed by atoms with E-state index in [0.29, 0.717) is 19.3 Å². The molecular formula is C66H118O6. The molecule has 72 heavy (non-hydrogen) atoms. The third-order valence-electron chi connectivity index (χ3n) is 13.8. The van der Waals surface area contributed by atoms with Crippen molar-refractivity contribution in [2.75, 3.05) is 13.2 Å². The molecule has 0 fully saturated rings. The summed E-state index contributed by atoms with van der Waals surface area (Å²) in [4.78, 5) is 38.3. The van der Waals surface area contributed by atoms with E-state index in [0.717, 1.165) is 89.9 Å². The fraction of sp³-hybridized carbons (Fsp3) is 0.803. The van der Waals surface area contributed by atoms with Crippen molar-refractivity contribution in [2.45, 2.75) is 329 Å². The number of carbonyl (C=O) groups excluding carboxylic acids is 3. The minimum absolute atomic E-state index is 0.0750. The van der Waals surface area contributed by atoms with Crippen molar-refractivity contribution in [3.05, 3.63) is 60.8 Å². The average molecular weight is 1010 g/mol. The molecule has 1 atom stereocenters. The summed E-state index contributed by atoms with van der Waals surface area (Å²) in [5.74, 6) is -0.870. The van der Waals surface area contributed by atoms with Gasteiger partial charge in [-0.05, 0) is 83.5 Å². The van der Waals surface area contributed by atoms with E-state index in [-0.39, 0.29) is 31.1 Å². The Kier molecular flexibility index (Phi) is 58.2. The molecule has 0 N–H and O–H groups in total. The van der Waals surface area contributed by atoms with Crippen molar-refractivity contribution in [1.29, 1.82) is 0 Å². The van der Waals surface area contributed by atoms with E-state index in [1.54, 1.807) is 0 Å². The molecule has 0 saturated heterocycles. The monoisotopic (exact) mass is 1010 g/mol. The third kappa shape index (κ3) is 58.0. The Bertz CT molecular complexity index is 1290. The molecule has 0 aliphatic heterocycles. The van der Waals surface area contributed by atoms with Gasteiger partial charge in [-0.1, -0.05) is 281 Å². The zero-order valence-corrected chi connectivity index (χ0v) is 47.9. The summed E-state index contributed by atoms with van der Waals surface area (Å²) in [7, 11) is 0. The quantitative estimate of drug-likeness (QED) is 0.0261. The third-order valence-corrected chi connectivity index (χ3v) is 13.8. The van der Waals surface area contributed by atoms with Gasteiger partial charge in [-0.25, -0.2) is 0 Å². The highest BCUT2D eigenvalue weighted by molar-refractivity contribution is 5.71. The molecule has 0 rings (SSSR count). The zero-order valence-electron chi connectivity index (χ0n) is 47.9. The van der Waals surface area contributed by atoms with Gasteiger partial charge in [0.05, 0.1) is 0 Å². The number of rotatable bonds is 57. The Morgan fingerprint density at radius 1 is 0.292 bits per heavy atom. The van der Waals surface area contributed by atoms with Gasteiger partial charge >= 0.3 is 17.9 Å². The Hall–Kier alpha value is -2.89. The molecular weight excluding hydrogens is 889 g/mol. The maximum absolute atomic E-state index is 12.9. The molecule has 418 valence electrons. The minimum atomic E-state index is -0.779. The van der Waals surface area contributed by atoms with Gasteiger partial charge in [0.15, 0.2) is 6.10 Å². The van der Waals surface area contributed by atoms with Crippen molar-refractivity contribution in [3.63, 3.8) is 0 Å². The van der Waals surface area contributed by atoms with E-state index in [1.165, 1.54) is 193 Å². The van der Waals surface area contributed by atoms with Crippen LogP contribution in [0.2, 0.25) is 0 Å². The van der Waals surface area contributed by atoms with E-state index in [1.807, 2.05) is 0 Å². The summed E-state index contributed by atoms with van der Waals surface area (Å²) in [5, 5.41) is 0. The zero-order chi connectivity index (χ0) is 52.2. The lowest BCUT2D eigenvalue weighted by atomic mass is 10.0. The fourth-order valence-corrected chi connectivity index (χ4v) is 9.08. The predicted octanol–water partition coefficient (Wildman–Crippen LogP) is 21.2. The first-order chi connectivity index (χ1) is 35.5. The van der Waals surface area contributed by atoms with Crippen LogP contribution in [-0.4, -0.2) is 37.2 Å². The lowest BCUT2D eigenvalue weighted by molar-refractivity contribution is -0.167. The van der Waals surface area contributed by atoms with Crippen LogP contribution in [0.15, 0.2) is 60.8 Å². The summed E-state index contributed by atoms with van der Waals surface area (Å²) in [6.07, 6.45) is 76.4. The Balaban J connectivity index is 4.36. The maximum atomic E-state index is 12.9. The number of hydrogen-bond donors (Lipinski definition) is 0. The molecule has 6 nitrogen and oxygen atoms in total. The molecule has 0 radical (unpaired) electrons. The standard InChI is InChI=1S/C66H118O6/c1-4-7-10-13-16-19-22-25-28-31-32-33-34-36-38-41-44-47-50-53-56-59-65(68)71-62-63(61-70-64(67)58-55-52-49-46-43-40-37-30-27-24-21-18-15-12-9-6-3)72-66(69)60-57-54-51-48-45-42-39-35-29-26-23-20-17-14-11-8-5-2/h7,10,16,19,25-26,28-29,32-33,63H,4-6,8-9,11-15,17-18,20-24,27,30-31,34-62H2,1-3H3/b10-7-,19-16-,28-25-,29-26-,33-32-. The second-order valence-corrected chi connectivity index (χ2v) is 20.9. The summed E-state index contributed by atoms with van der Waals surface area (Å²) in [6.45, 7) is 6.56. The summed E-state index contributed by atoms with van der Waals surface area (Å²) in [5.41, 5.74) is 0. The Labute approximate surface area is 447 Å². The molecule has 6 heteroatoms. The van der Waals surface area contributed by atoms with Gasteiger partial charge in [0.1, 0.15) is 13.2 Å². The first kappa shape index (κ1) is 69.1. The van der Waals surface area contributed by atoms with E-state index >= 15 is 0 Å². The maximum Gasteiger partial charge on any atom is 0.306 e. The van der Waals surface area contributed by atoms with E-state index in [4.69, 9.17) is 14.2 Å². The first-order valence-electron chi connectivity index (χ1n) is 31.3. The van der Waals surface area contributed by atoms with Gasteiger partial charge in [-0.15, -0.1) is 0 Å². The van der Waals surface area contributed by atoms with Crippen molar-refractivity contribution >= 4 is 17.9 Å². The summed E-state index contributed by atoms with van der Waals surface area (Å²) in [6, 6.07) is 0. The first-order valence-corrected chi connectivity index (χ1v) is 31.3. The molecule has 0 aliphatic carbocycles. The molecule has 0 bridgehead atoms. The van der Waals surface area contributed by atoms with Crippen molar-refractivity contribution in [1.82, 2.24) is 0 Å². The smallest absolute Gasteiger partial charge is 0.306 e. The molecule has 0 aromatic heterocycles. The summed E-state index contributed by atoms with van der Waals surface area (Å²) >= 11 is 0. The molecule has 0 heterocycles. The number of allylic oxidation sites excluding steroid dienone is 10. The predicted molar refractivity (Wildman–Crippen MR) is 312 cm³/mol. The van der Waals surface area contributed by atoms with Crippen LogP contribution in [0, 0.1) is 0 Å². The molecule has 0 saturated carbocycles. The topological polar surface area (TPSA) is 78.9 Å². The average Bonchev–Trinajstić information content (AvgIpc) is 3.38. The molecule has 0 aromatic carbocycles. The van der Waals surface area contributed by atoms with Crippen molar-refractivity contribution in [2.24, 2.45) is 0 Å². The van der Waals surface area contributed by atoms with Gasteiger partial charge in [0, 0.05) is 19.3 Å². The molecule has 0 spiro atoms. The number of carbonyl (C=O) groups is 3. The largest absolute Gasteiger partial charge is 0.462 e. The van der Waals surface area contributed by atoms with Gasteiger partial charge in [-0.3, -0.25) is 14.4 Å². The van der Waals surface area contributed by atoms with Crippen LogP contribution in [0.5, 0.6) is 0 Å². The fourth-order valence-electron chi connectivity index (χ4n) is 9.08. The highest BCUT2D eigenvalue weighted by Gasteiger charge is 2.19. The molecule has 0 aliphatic rings. The minimum Gasteiger partial charge on any atom is -0.462 e. The van der Waals surface area contributed by atoms with Crippen molar-refractivity contribution in [3.8, 4) is 0 Å². The number of unbranched alkanes of at least 4 members (excludes halogenated alkanes) is 36. The second-order valence-electron chi connectivity index (χ2n) is 20.9. The number of hydrogen-bond acceptors (Lipinski definition) is 6. The lowest BCUT2D eigenvalue weighted by Gasteiger charge is -2.18. The normalized spacial score (nSPS) is 12.4. The van der Waals surface area contributed by atoms with Gasteiger partial charge in [0.25, 0.3) is 0 Å². The van der Waals surface area contributed by atoms with Crippen LogP contribution >= 0.6 is 0 Å². The highest BCUT2D eigenvalue weighted by Crippen LogP contribution is 2.17. The van der Waals surface area contributed by atoms with Crippen LogP contribution in [0.1, 0.15) is 323 Å². The van der Waals surface area contributed by atoms with E-state index in [2.05, 4.69) is 81.5 Å². The van der Waals surface area contributed by atoms with Gasteiger partial charge in [-0.2, -0.15) is 0 Å². The lowest BCUT2D eigenvalue weighted by Crippen LogP contribution is -2.30. The molecule has 0 amide bonds.